The van der Waals surface area contributed by atoms with Crippen molar-refractivity contribution < 1.29 is 14.7 Å². The number of hydrogen-bond donors (Lipinski definition) is 2. The van der Waals surface area contributed by atoms with Gasteiger partial charge < -0.3 is 15.3 Å². The Morgan fingerprint density at radius 2 is 0.896 bits per heavy atom. The smallest absolute Gasteiger partial charge is 0.150 e. The largest absolute Gasteiger partial charge is 0.395 e. The maximum atomic E-state index is 13.4. The minimum absolute atomic E-state index is 0.0334. The molecule has 2 unspecified atom stereocenters. The highest BCUT2D eigenvalue weighted by molar-refractivity contribution is 5.92. The third-order valence-corrected chi connectivity index (χ3v) is 9.57. The lowest BCUT2D eigenvalue weighted by Gasteiger charge is -2.28. The number of carbonyl (C=O) groups is 2. The standard InChI is InChI=1S/C43H82N2O3/c1-5-7-9-11-13-15-17-19-21-23-25-27-29-31-33-35-41(47)40(39-45(3)4)43(44-37-38-46)42(48)36-34-32-30-28-26-24-22-20-18-16-14-12-10-8-6-2/h19-22,40,43-44,46H,5-18,23-39H2,1-4H3. The number of allylic oxidation sites excluding steroid dienone is 4. The lowest BCUT2D eigenvalue weighted by molar-refractivity contribution is -0.131. The second-order valence-electron chi connectivity index (χ2n) is 14.6. The van der Waals surface area contributed by atoms with Crippen LogP contribution in [0, 0.1) is 5.92 Å². The summed E-state index contributed by atoms with van der Waals surface area (Å²) >= 11 is 0. The van der Waals surface area contributed by atoms with Crippen LogP contribution in [0.4, 0.5) is 0 Å². The number of hydrogen-bond acceptors (Lipinski definition) is 5. The summed E-state index contributed by atoms with van der Waals surface area (Å²) in [5, 5.41) is 12.7. The van der Waals surface area contributed by atoms with Crippen LogP contribution in [-0.2, 0) is 9.59 Å². The molecule has 0 aromatic carbocycles. The molecule has 0 fully saturated rings. The number of aliphatic hydroxyl groups excluding tert-OH is 1. The molecule has 0 aromatic heterocycles. The molecular formula is C43H82N2O3. The predicted molar refractivity (Wildman–Crippen MR) is 210 cm³/mol. The highest BCUT2D eigenvalue weighted by atomic mass is 16.3. The van der Waals surface area contributed by atoms with Crippen molar-refractivity contribution in [3.05, 3.63) is 24.3 Å². The van der Waals surface area contributed by atoms with Crippen molar-refractivity contribution in [3.8, 4) is 0 Å². The molecule has 282 valence electrons. The monoisotopic (exact) mass is 675 g/mol. The number of unbranched alkanes of at least 4 members (excludes halogenated alkanes) is 22. The van der Waals surface area contributed by atoms with Gasteiger partial charge in [-0.05, 0) is 78.3 Å². The summed E-state index contributed by atoms with van der Waals surface area (Å²) in [7, 11) is 3.94. The molecule has 48 heavy (non-hydrogen) atoms. The Kier molecular flexibility index (Phi) is 36.0. The van der Waals surface area contributed by atoms with Crippen LogP contribution in [0.15, 0.2) is 24.3 Å². The first-order valence-electron chi connectivity index (χ1n) is 20.8. The molecule has 0 heterocycles. The number of nitrogens with zero attached hydrogens (tertiary/aromatic N) is 1. The van der Waals surface area contributed by atoms with Crippen LogP contribution in [0.25, 0.3) is 0 Å². The van der Waals surface area contributed by atoms with Gasteiger partial charge in [-0.15, -0.1) is 0 Å². The van der Waals surface area contributed by atoms with Gasteiger partial charge in [0.25, 0.3) is 0 Å². The fraction of sp³-hybridized carbons (Fsp3) is 0.860. The van der Waals surface area contributed by atoms with Crippen molar-refractivity contribution in [2.45, 2.75) is 200 Å². The number of Topliss-reactive ketones (excluding diaryl/α,β-unsaturated/α-hetero) is 2. The quantitative estimate of drug-likeness (QED) is 0.0504. The van der Waals surface area contributed by atoms with Crippen LogP contribution in [0.1, 0.15) is 194 Å². The molecule has 2 N–H and O–H groups in total. The Morgan fingerprint density at radius 3 is 1.27 bits per heavy atom. The van der Waals surface area contributed by atoms with Gasteiger partial charge in [0.1, 0.15) is 5.78 Å². The first-order valence-corrected chi connectivity index (χ1v) is 20.8. The molecule has 5 heteroatoms. The van der Waals surface area contributed by atoms with Crippen LogP contribution in [0.5, 0.6) is 0 Å². The Hall–Kier alpha value is -1.30. The summed E-state index contributed by atoms with van der Waals surface area (Å²) in [5.74, 6) is -0.0422. The lowest BCUT2D eigenvalue weighted by Crippen LogP contribution is -2.50. The average Bonchev–Trinajstić information content (AvgIpc) is 3.07. The van der Waals surface area contributed by atoms with Gasteiger partial charge in [0.2, 0.25) is 0 Å². The van der Waals surface area contributed by atoms with E-state index in [1.165, 1.54) is 116 Å². The molecule has 0 saturated carbocycles. The number of nitrogens with one attached hydrogen (secondary N) is 1. The van der Waals surface area contributed by atoms with Crippen molar-refractivity contribution in [3.63, 3.8) is 0 Å². The minimum atomic E-state index is -0.507. The highest BCUT2D eigenvalue weighted by Crippen LogP contribution is 2.18. The van der Waals surface area contributed by atoms with Crippen molar-refractivity contribution in [2.75, 3.05) is 33.8 Å². The normalized spacial score (nSPS) is 13.3. The van der Waals surface area contributed by atoms with Crippen LogP contribution in [0.3, 0.4) is 0 Å². The fourth-order valence-electron chi connectivity index (χ4n) is 6.57. The molecule has 0 spiro atoms. The average molecular weight is 675 g/mol. The highest BCUT2D eigenvalue weighted by Gasteiger charge is 2.32. The van der Waals surface area contributed by atoms with Crippen LogP contribution in [0.2, 0.25) is 0 Å². The molecule has 0 amide bonds. The van der Waals surface area contributed by atoms with Crippen molar-refractivity contribution in [2.24, 2.45) is 5.92 Å². The van der Waals surface area contributed by atoms with E-state index in [1.807, 2.05) is 19.0 Å². The van der Waals surface area contributed by atoms with Crippen molar-refractivity contribution >= 4 is 11.6 Å². The van der Waals surface area contributed by atoms with E-state index in [9.17, 15) is 14.7 Å². The van der Waals surface area contributed by atoms with Gasteiger partial charge in [-0.25, -0.2) is 0 Å². The molecule has 0 bridgehead atoms. The van der Waals surface area contributed by atoms with E-state index in [0.717, 1.165) is 51.4 Å². The van der Waals surface area contributed by atoms with E-state index in [1.54, 1.807) is 0 Å². The second kappa shape index (κ2) is 37.0. The van der Waals surface area contributed by atoms with Crippen molar-refractivity contribution in [1.82, 2.24) is 10.2 Å². The molecule has 0 aliphatic rings. The number of rotatable bonds is 38. The van der Waals surface area contributed by atoms with Crippen LogP contribution < -0.4 is 5.32 Å². The first-order chi connectivity index (χ1) is 23.5. The SMILES string of the molecule is CCCCCCCCC=CCCCCCCCC(=O)C(CN(C)C)C(NCCO)C(=O)CCCCCCCC=CCCCCCCCC. The van der Waals surface area contributed by atoms with E-state index in [2.05, 4.69) is 43.5 Å². The molecule has 0 rings (SSSR count). The van der Waals surface area contributed by atoms with Gasteiger partial charge in [0, 0.05) is 25.9 Å². The molecule has 0 aliphatic heterocycles. The zero-order valence-electron chi connectivity index (χ0n) is 32.6. The maximum Gasteiger partial charge on any atom is 0.150 e. The molecule has 0 aliphatic carbocycles. The third-order valence-electron chi connectivity index (χ3n) is 9.57. The number of aliphatic hydroxyl groups is 1. The molecule has 0 aromatic rings. The predicted octanol–water partition coefficient (Wildman–Crippen LogP) is 11.3. The third kappa shape index (κ3) is 30.7. The Balaban J connectivity index is 4.31. The molecular weight excluding hydrogens is 592 g/mol. The molecule has 0 saturated heterocycles. The van der Waals surface area contributed by atoms with Gasteiger partial charge in [0.15, 0.2) is 5.78 Å². The maximum absolute atomic E-state index is 13.4. The fourth-order valence-corrected chi connectivity index (χ4v) is 6.57. The Morgan fingerprint density at radius 1 is 0.542 bits per heavy atom. The van der Waals surface area contributed by atoms with Gasteiger partial charge in [0.05, 0.1) is 18.6 Å². The molecule has 5 nitrogen and oxygen atoms in total. The van der Waals surface area contributed by atoms with Crippen LogP contribution in [-0.4, -0.2) is 61.4 Å². The number of ketones is 2. The molecule has 0 radical (unpaired) electrons. The zero-order valence-corrected chi connectivity index (χ0v) is 32.6. The first kappa shape index (κ1) is 46.7. The van der Waals surface area contributed by atoms with E-state index in [-0.39, 0.29) is 24.1 Å². The summed E-state index contributed by atoms with van der Waals surface area (Å²) in [6.07, 6.45) is 42.6. The minimum Gasteiger partial charge on any atom is -0.395 e. The second-order valence-corrected chi connectivity index (χ2v) is 14.6. The van der Waals surface area contributed by atoms with E-state index < -0.39 is 6.04 Å². The van der Waals surface area contributed by atoms with Gasteiger partial charge in [-0.3, -0.25) is 9.59 Å². The van der Waals surface area contributed by atoms with Gasteiger partial charge >= 0.3 is 0 Å². The van der Waals surface area contributed by atoms with E-state index >= 15 is 0 Å². The summed E-state index contributed by atoms with van der Waals surface area (Å²) in [6, 6.07) is -0.507. The van der Waals surface area contributed by atoms with Gasteiger partial charge in [-0.1, -0.05) is 141 Å². The zero-order chi connectivity index (χ0) is 35.3. The summed E-state index contributed by atoms with van der Waals surface area (Å²) < 4.78 is 0. The Labute approximate surface area is 299 Å². The van der Waals surface area contributed by atoms with Crippen molar-refractivity contribution in [1.29, 1.82) is 0 Å². The molecule has 2 atom stereocenters. The summed E-state index contributed by atoms with van der Waals surface area (Å²) in [4.78, 5) is 28.9. The van der Waals surface area contributed by atoms with Gasteiger partial charge in [-0.2, -0.15) is 0 Å². The summed E-state index contributed by atoms with van der Waals surface area (Å²) in [6.45, 7) is 5.40. The number of carbonyl (C=O) groups excluding carboxylic acids is 2. The lowest BCUT2D eigenvalue weighted by atomic mass is 9.87. The summed E-state index contributed by atoms with van der Waals surface area (Å²) in [5.41, 5.74) is 0. The Bertz CT molecular complexity index is 763. The van der Waals surface area contributed by atoms with E-state index in [4.69, 9.17) is 0 Å². The topological polar surface area (TPSA) is 69.6 Å². The van der Waals surface area contributed by atoms with Crippen LogP contribution >= 0.6 is 0 Å². The van der Waals surface area contributed by atoms with E-state index in [0.29, 0.717) is 25.9 Å².